The fraction of sp³-hybridized carbons (Fsp3) is 0.706. The summed E-state index contributed by atoms with van der Waals surface area (Å²) in [6.45, 7) is 43.2. The van der Waals surface area contributed by atoms with Crippen molar-refractivity contribution in [3.05, 3.63) is 157 Å². The van der Waals surface area contributed by atoms with Crippen LogP contribution < -0.4 is 0 Å². The number of aryl methyl sites for hydroxylation is 9. The second-order valence-electron chi connectivity index (χ2n) is 46.4. The van der Waals surface area contributed by atoms with Crippen LogP contribution in [0.3, 0.4) is 0 Å². The van der Waals surface area contributed by atoms with Gasteiger partial charge in [0.25, 0.3) is 0 Å². The van der Waals surface area contributed by atoms with Crippen LogP contribution in [0.4, 0.5) is 0 Å². The van der Waals surface area contributed by atoms with Crippen molar-refractivity contribution in [3.8, 4) is 17.2 Å². The van der Waals surface area contributed by atoms with Gasteiger partial charge in [-0.05, 0) is 390 Å². The maximum Gasteiger partial charge on any atom is 0.309 e. The number of unbranched alkanes of at least 4 members (excludes halogenated alkanes) is 10. The van der Waals surface area contributed by atoms with Gasteiger partial charge in [0.05, 0.1) is 27.1 Å². The summed E-state index contributed by atoms with van der Waals surface area (Å²) < 4.78 is 0. The van der Waals surface area contributed by atoms with Gasteiger partial charge in [-0.1, -0.05) is 277 Å². The Balaban J connectivity index is 0.000000817. The van der Waals surface area contributed by atoms with Crippen LogP contribution in [0.2, 0.25) is 0 Å². The van der Waals surface area contributed by atoms with Gasteiger partial charge in [-0.2, -0.15) is 0 Å². The van der Waals surface area contributed by atoms with Gasteiger partial charge in [-0.3, -0.25) is 24.0 Å². The second kappa shape index (κ2) is 56.5. The van der Waals surface area contributed by atoms with E-state index in [1.54, 1.807) is 12.1 Å². The summed E-state index contributed by atoms with van der Waals surface area (Å²) >= 11 is 0. The van der Waals surface area contributed by atoms with E-state index in [0.29, 0.717) is 45.7 Å². The number of aromatic hydroxyl groups is 3. The van der Waals surface area contributed by atoms with E-state index in [4.69, 9.17) is 0 Å². The van der Waals surface area contributed by atoms with Gasteiger partial charge in [0.15, 0.2) is 11.5 Å². The molecule has 0 saturated heterocycles. The summed E-state index contributed by atoms with van der Waals surface area (Å²) in [5.74, 6) is -2.69. The van der Waals surface area contributed by atoms with Gasteiger partial charge in [0.1, 0.15) is 5.75 Å². The first kappa shape index (κ1) is 123. The number of hydrogen-bond acceptors (Lipinski definition) is 8. The number of carboxylic acids is 5. The van der Waals surface area contributed by atoms with Crippen LogP contribution in [-0.4, -0.2) is 70.7 Å². The van der Waals surface area contributed by atoms with E-state index >= 15 is 0 Å². The Morgan fingerprint density at radius 1 is 0.258 bits per heavy atom. The molecule has 8 N–H and O–H groups in total. The molecule has 0 heterocycles. The molecule has 0 spiro atoms. The number of phenols is 3. The normalized spacial score (nSPS) is 15.3. The van der Waals surface area contributed by atoms with E-state index in [0.717, 1.165) is 229 Å². The average Bonchev–Trinajstić information content (AvgIpc) is 1.68. The molecule has 0 amide bonds. The maximum atomic E-state index is 11.3. The van der Waals surface area contributed by atoms with Gasteiger partial charge in [0, 0.05) is 5.56 Å². The van der Waals surface area contributed by atoms with Crippen LogP contribution in [0.15, 0.2) is 78.9 Å². The van der Waals surface area contributed by atoms with Crippen LogP contribution in [0.5, 0.6) is 17.2 Å². The molecule has 10 rings (SSSR count). The van der Waals surface area contributed by atoms with Crippen molar-refractivity contribution < 1.29 is 64.8 Å². The predicted octanol–water partition coefficient (Wildman–Crippen LogP) is 33.6. The Kier molecular flexibility index (Phi) is 52.6. The first-order valence-corrected chi connectivity index (χ1v) is 50.2. The van der Waals surface area contributed by atoms with Crippen molar-refractivity contribution in [2.75, 3.05) is 0 Å². The van der Waals surface area contributed by atoms with Crippen molar-refractivity contribution in [1.82, 2.24) is 0 Å². The quantitative estimate of drug-likeness (QED) is 0.0134. The number of phenolic OH excluding ortho intramolecular Hbond substituents is 3. The maximum absolute atomic E-state index is 11.3. The zero-order chi connectivity index (χ0) is 94.2. The summed E-state index contributed by atoms with van der Waals surface area (Å²) in [4.78, 5) is 56.3. The number of aliphatic carboxylic acids is 5. The lowest BCUT2D eigenvalue weighted by atomic mass is 9.87. The molecule has 0 atom stereocenters. The van der Waals surface area contributed by atoms with E-state index in [9.17, 15) is 64.8 Å². The third-order valence-electron chi connectivity index (χ3n) is 28.8. The summed E-state index contributed by atoms with van der Waals surface area (Å²) in [6, 6.07) is 27.4. The summed E-state index contributed by atoms with van der Waals surface area (Å²) in [5.41, 5.74) is 18.9. The highest BCUT2D eigenvalue weighted by Gasteiger charge is 2.52. The van der Waals surface area contributed by atoms with Crippen LogP contribution in [-0.2, 0) is 88.2 Å². The third-order valence-corrected chi connectivity index (χ3v) is 28.8. The molecule has 0 aromatic heterocycles. The number of benzene rings is 5. The van der Waals surface area contributed by atoms with E-state index in [2.05, 4.69) is 186 Å². The minimum Gasteiger partial charge on any atom is -0.508 e. The zero-order valence-electron chi connectivity index (χ0n) is 83.5. The smallest absolute Gasteiger partial charge is 0.309 e. The van der Waals surface area contributed by atoms with Gasteiger partial charge in [0.2, 0.25) is 0 Å². The molecule has 132 heavy (non-hydrogen) atoms. The van der Waals surface area contributed by atoms with Gasteiger partial charge in [-0.25, -0.2) is 0 Å². The molecule has 5 saturated carbocycles. The van der Waals surface area contributed by atoms with Crippen molar-refractivity contribution in [2.24, 2.45) is 54.1 Å². The molecule has 5 aliphatic carbocycles. The summed E-state index contributed by atoms with van der Waals surface area (Å²) in [6.07, 6.45) is 51.2. The molecular formula is C119H198O13. The highest BCUT2D eigenvalue weighted by molar-refractivity contribution is 5.79. The van der Waals surface area contributed by atoms with Crippen molar-refractivity contribution >= 4 is 29.8 Å². The van der Waals surface area contributed by atoms with E-state index in [1.165, 1.54) is 158 Å². The second-order valence-corrected chi connectivity index (χ2v) is 46.4. The van der Waals surface area contributed by atoms with Gasteiger partial charge < -0.3 is 40.9 Å². The number of rotatable bonds is 50. The minimum absolute atomic E-state index is 0. The fourth-order valence-corrected chi connectivity index (χ4v) is 18.7. The monoisotopic (exact) mass is 1840 g/mol. The molecule has 0 aliphatic heterocycles. The fourth-order valence-electron chi connectivity index (χ4n) is 18.7. The summed E-state index contributed by atoms with van der Waals surface area (Å²) in [5, 5.41) is 76.7. The molecule has 5 aromatic rings. The predicted molar refractivity (Wildman–Crippen MR) is 559 cm³/mol. The van der Waals surface area contributed by atoms with Crippen molar-refractivity contribution in [1.29, 1.82) is 0 Å². The number of hydrogen-bond donors (Lipinski definition) is 8. The standard InChI is InChI=1S/C24H38O2.2C23H36O2.C22H34O4.C22H34O3.5CH4/c1-18-12-13-20(10-6-8-14-23(3,4)5)21(19(18)2)11-7-9-15-24(16-17-24)22(25)26;1-18-10-9-12-19(20(18)13-6-7-14-22(2,3)4)11-5-8-15-23(16-17-23)21(24)25;1-18-11-12-19(9-6-8-14-23(15-16-23)21(24)25)20(17-18)10-5-7-13-22(2,3)4;1-21(2,3)12-6-4-8-16-10-11-18(23)19(24)17(16)9-5-7-13-22(14-15-22)20(25)26;1-21(2,3)13-6-5-11-18-17(10-8-12-19(18)23)9-4-7-14-22(15-16-22)20(24)25;;;;;/h12-13H,6-11,14-17H2,1-5H3,(H,25,26);9-10,12H,5-8,11,13-17H2,1-4H3,(H,24,25);11-12,17H,5-10,13-16H2,1-4H3,(H,24,25);10-11,23-24H,4-9,12-15H2,1-3H3,(H,25,26);8,10,12,23H,4-7,9,11,13-16H2,1-3H3,(H,24,25);5*1H4. The Labute approximate surface area is 807 Å². The Bertz CT molecular complexity index is 4010. The minimum atomic E-state index is -0.669. The highest BCUT2D eigenvalue weighted by atomic mass is 16.4. The Hall–Kier alpha value is -7.15. The van der Waals surface area contributed by atoms with E-state index in [1.807, 2.05) is 12.1 Å². The van der Waals surface area contributed by atoms with Gasteiger partial charge in [-0.15, -0.1) is 0 Å². The molecular weight excluding hydrogens is 1640 g/mol. The topological polar surface area (TPSA) is 247 Å². The molecule has 13 nitrogen and oxygen atoms in total. The first-order valence-electron chi connectivity index (χ1n) is 50.2. The number of carboxylic acid groups (broad SMARTS) is 5. The Morgan fingerprint density at radius 3 is 0.856 bits per heavy atom. The van der Waals surface area contributed by atoms with Crippen LogP contribution in [0.25, 0.3) is 0 Å². The molecule has 0 bridgehead atoms. The van der Waals surface area contributed by atoms with E-state index in [-0.39, 0.29) is 64.9 Å². The number of carbonyl (C=O) groups is 5. The van der Waals surface area contributed by atoms with Crippen molar-refractivity contribution in [3.63, 3.8) is 0 Å². The largest absolute Gasteiger partial charge is 0.508 e. The van der Waals surface area contributed by atoms with Crippen LogP contribution in [0, 0.1) is 81.8 Å². The lowest BCUT2D eigenvalue weighted by Gasteiger charge is -2.19. The summed E-state index contributed by atoms with van der Waals surface area (Å²) in [7, 11) is 0. The van der Waals surface area contributed by atoms with E-state index < -0.39 is 40.7 Å². The lowest BCUT2D eigenvalue weighted by molar-refractivity contribution is -0.144. The zero-order valence-corrected chi connectivity index (χ0v) is 83.5. The van der Waals surface area contributed by atoms with Crippen molar-refractivity contribution in [2.45, 2.75) is 490 Å². The Morgan fingerprint density at radius 2 is 0.515 bits per heavy atom. The molecule has 13 heteroatoms. The third kappa shape index (κ3) is 44.3. The molecule has 0 unspecified atom stereocenters. The molecule has 5 aliphatic rings. The van der Waals surface area contributed by atoms with Gasteiger partial charge >= 0.3 is 29.8 Å². The van der Waals surface area contributed by atoms with Crippen LogP contribution >= 0.6 is 0 Å². The molecule has 5 aromatic carbocycles. The lowest BCUT2D eigenvalue weighted by Crippen LogP contribution is -2.14. The molecule has 0 radical (unpaired) electrons. The highest BCUT2D eigenvalue weighted by Crippen LogP contribution is 2.54. The SMILES string of the molecule is C.C.C.C.C.CC(C)(C)CCCCc1c(O)cccc1CCCCC1(C(=O)O)CC1.CC(C)(C)CCCCc1ccc(O)c(O)c1CCCCC1(C(=O)O)CC1.Cc1ccc(CCCCC(C)(C)C)c(CCCCC2(C(=O)O)CC2)c1C.Cc1ccc(CCCCC2(C(=O)O)CC2)c(CCCCC(C)(C)C)c1.Cc1cccc(CCCCC2(C(=O)O)CC2)c1CCCCC(C)(C)C. The first-order chi connectivity index (χ1) is 59.5. The molecule has 5 fully saturated rings. The van der Waals surface area contributed by atoms with Crippen LogP contribution in [0.1, 0.15) is 476 Å². The molecule has 752 valence electrons. The average molecular weight is 1840 g/mol.